The Morgan fingerprint density at radius 2 is 1.81 bits per heavy atom. The third-order valence-corrected chi connectivity index (χ3v) is 4.81. The summed E-state index contributed by atoms with van der Waals surface area (Å²) in [6.45, 7) is 2.67. The molecule has 2 aromatic heterocycles. The van der Waals surface area contributed by atoms with E-state index in [-0.39, 0.29) is 11.4 Å². The molecule has 1 N–H and O–H groups in total. The van der Waals surface area contributed by atoms with Crippen LogP contribution in [0.5, 0.6) is 0 Å². The predicted octanol–water partition coefficient (Wildman–Crippen LogP) is 3.92. The molecule has 0 atom stereocenters. The minimum absolute atomic E-state index is 0.0779. The molecule has 0 fully saturated rings. The van der Waals surface area contributed by atoms with E-state index in [1.165, 1.54) is 28.8 Å². The monoisotopic (exact) mass is 432 g/mol. The van der Waals surface area contributed by atoms with Gasteiger partial charge in [-0.3, -0.25) is 14.2 Å². The van der Waals surface area contributed by atoms with Crippen molar-refractivity contribution in [3.63, 3.8) is 0 Å². The molecule has 0 radical (unpaired) electrons. The number of alkyl halides is 3. The Morgan fingerprint density at radius 1 is 1.16 bits per heavy atom. The highest BCUT2D eigenvalue weighted by Crippen LogP contribution is 2.30. The zero-order valence-corrected chi connectivity index (χ0v) is 16.4. The van der Waals surface area contributed by atoms with E-state index in [2.05, 4.69) is 5.32 Å². The zero-order valence-electron chi connectivity index (χ0n) is 16.4. The molecule has 3 aromatic rings. The first kappa shape index (κ1) is 21.8. The molecule has 160 valence electrons. The van der Waals surface area contributed by atoms with Crippen molar-refractivity contribution < 1.29 is 22.4 Å². The van der Waals surface area contributed by atoms with Crippen LogP contribution < -0.4 is 10.9 Å². The van der Waals surface area contributed by atoms with Crippen LogP contribution in [0.25, 0.3) is 5.69 Å². The molecule has 31 heavy (non-hydrogen) atoms. The number of carbonyl (C=O) groups excluding carboxylic acids is 1. The van der Waals surface area contributed by atoms with Crippen LogP contribution >= 0.6 is 0 Å². The van der Waals surface area contributed by atoms with E-state index >= 15 is 0 Å². The fourth-order valence-corrected chi connectivity index (χ4v) is 3.18. The van der Waals surface area contributed by atoms with Gasteiger partial charge in [-0.2, -0.15) is 18.4 Å². The second kappa shape index (κ2) is 8.10. The Bertz CT molecular complexity index is 1250. The minimum Gasteiger partial charge on any atom is -0.309 e. The van der Waals surface area contributed by atoms with E-state index < -0.39 is 35.6 Å². The van der Waals surface area contributed by atoms with E-state index in [1.807, 2.05) is 6.07 Å². The summed E-state index contributed by atoms with van der Waals surface area (Å²) in [5.74, 6) is -1.20. The highest BCUT2D eigenvalue weighted by atomic mass is 19.4. The van der Waals surface area contributed by atoms with Gasteiger partial charge in [0.2, 0.25) is 5.91 Å². The average Bonchev–Trinajstić information content (AvgIpc) is 2.93. The third kappa shape index (κ3) is 4.21. The average molecular weight is 432 g/mol. The van der Waals surface area contributed by atoms with Crippen LogP contribution in [0.2, 0.25) is 0 Å². The Hall–Kier alpha value is -3.87. The van der Waals surface area contributed by atoms with E-state index in [0.29, 0.717) is 27.6 Å². The maximum Gasteiger partial charge on any atom is 0.421 e. The summed E-state index contributed by atoms with van der Waals surface area (Å²) < 4.78 is 54.3. The van der Waals surface area contributed by atoms with Crippen LogP contribution in [0.1, 0.15) is 22.4 Å². The Kier molecular flexibility index (Phi) is 5.71. The number of hydrogen-bond donors (Lipinski definition) is 1. The number of anilines is 1. The first-order chi connectivity index (χ1) is 14.5. The molecule has 0 aliphatic rings. The van der Waals surface area contributed by atoms with Gasteiger partial charge < -0.3 is 9.88 Å². The number of pyridine rings is 1. The number of hydrogen-bond acceptors (Lipinski definition) is 3. The smallest absolute Gasteiger partial charge is 0.309 e. The van der Waals surface area contributed by atoms with Crippen molar-refractivity contribution in [2.75, 3.05) is 5.32 Å². The van der Waals surface area contributed by atoms with Crippen molar-refractivity contribution in [1.82, 2.24) is 9.13 Å². The van der Waals surface area contributed by atoms with Crippen molar-refractivity contribution in [3.05, 3.63) is 81.2 Å². The molecule has 6 nitrogen and oxygen atoms in total. The lowest BCUT2D eigenvalue weighted by Gasteiger charge is -2.14. The summed E-state index contributed by atoms with van der Waals surface area (Å²) in [6.07, 6.45) is -3.78. The number of nitriles is 1. The van der Waals surface area contributed by atoms with Gasteiger partial charge in [0.25, 0.3) is 5.56 Å². The summed E-state index contributed by atoms with van der Waals surface area (Å²) in [5.41, 5.74) is -0.955. The molecule has 0 saturated heterocycles. The summed E-state index contributed by atoms with van der Waals surface area (Å²) in [5, 5.41) is 12.1. The van der Waals surface area contributed by atoms with Gasteiger partial charge in [0.15, 0.2) is 0 Å². The molecular weight excluding hydrogens is 416 g/mol. The van der Waals surface area contributed by atoms with Crippen LogP contribution in [-0.4, -0.2) is 15.0 Å². The Morgan fingerprint density at radius 3 is 2.39 bits per heavy atom. The standard InChI is InChI=1S/C21H16F4N4O2/c1-12-13(2)29(15-7-5-14(22)6-8-15)19(16(12)10-26)27-18(30)11-28-9-3-4-17(20(28)31)21(23,24)25/h3-9H,11H2,1-2H3,(H,27,30). The molecule has 0 aliphatic carbocycles. The van der Waals surface area contributed by atoms with Gasteiger partial charge in [-0.1, -0.05) is 0 Å². The molecular formula is C21H16F4N4O2. The van der Waals surface area contributed by atoms with Crippen molar-refractivity contribution in [2.45, 2.75) is 26.6 Å². The van der Waals surface area contributed by atoms with E-state index in [4.69, 9.17) is 0 Å². The number of carbonyl (C=O) groups is 1. The summed E-state index contributed by atoms with van der Waals surface area (Å²) in [4.78, 5) is 24.7. The second-order valence-corrected chi connectivity index (χ2v) is 6.76. The predicted molar refractivity (Wildman–Crippen MR) is 104 cm³/mol. The van der Waals surface area contributed by atoms with Gasteiger partial charge in [0, 0.05) is 17.6 Å². The summed E-state index contributed by atoms with van der Waals surface area (Å²) >= 11 is 0. The van der Waals surface area contributed by atoms with Gasteiger partial charge in [0.05, 0.1) is 5.56 Å². The van der Waals surface area contributed by atoms with Crippen molar-refractivity contribution >= 4 is 11.7 Å². The SMILES string of the molecule is Cc1c(C#N)c(NC(=O)Cn2cccc(C(F)(F)F)c2=O)n(-c2ccc(F)cc2)c1C. The molecule has 0 unspecified atom stereocenters. The molecule has 0 saturated carbocycles. The minimum atomic E-state index is -4.85. The highest BCUT2D eigenvalue weighted by Gasteiger charge is 2.34. The molecule has 0 aliphatic heterocycles. The summed E-state index contributed by atoms with van der Waals surface area (Å²) in [7, 11) is 0. The summed E-state index contributed by atoms with van der Waals surface area (Å²) in [6, 6.07) is 8.98. The quantitative estimate of drug-likeness (QED) is 0.635. The normalized spacial score (nSPS) is 11.3. The van der Waals surface area contributed by atoms with Crippen molar-refractivity contribution in [3.8, 4) is 11.8 Å². The van der Waals surface area contributed by atoms with Gasteiger partial charge in [0.1, 0.15) is 29.8 Å². The third-order valence-electron chi connectivity index (χ3n) is 4.81. The molecule has 1 aromatic carbocycles. The van der Waals surface area contributed by atoms with Crippen LogP contribution in [0.15, 0.2) is 47.4 Å². The van der Waals surface area contributed by atoms with Gasteiger partial charge in [-0.15, -0.1) is 0 Å². The second-order valence-electron chi connectivity index (χ2n) is 6.76. The first-order valence-corrected chi connectivity index (χ1v) is 8.99. The van der Waals surface area contributed by atoms with Crippen LogP contribution in [-0.2, 0) is 17.5 Å². The largest absolute Gasteiger partial charge is 0.421 e. The van der Waals surface area contributed by atoms with E-state index in [1.54, 1.807) is 13.8 Å². The van der Waals surface area contributed by atoms with Gasteiger partial charge >= 0.3 is 6.18 Å². The number of halogens is 4. The molecule has 0 bridgehead atoms. The number of aromatic nitrogens is 2. The van der Waals surface area contributed by atoms with E-state index in [0.717, 1.165) is 12.3 Å². The van der Waals surface area contributed by atoms with Crippen molar-refractivity contribution in [2.24, 2.45) is 0 Å². The van der Waals surface area contributed by atoms with Gasteiger partial charge in [-0.05, 0) is 55.8 Å². The lowest BCUT2D eigenvalue weighted by molar-refractivity contribution is -0.139. The maximum absolute atomic E-state index is 13.3. The molecule has 2 heterocycles. The number of nitrogens with zero attached hydrogens (tertiary/aromatic N) is 3. The number of amides is 1. The topological polar surface area (TPSA) is 79.8 Å². The fourth-order valence-electron chi connectivity index (χ4n) is 3.18. The van der Waals surface area contributed by atoms with Crippen LogP contribution in [0.4, 0.5) is 23.4 Å². The van der Waals surface area contributed by atoms with Crippen molar-refractivity contribution in [1.29, 1.82) is 5.26 Å². The molecule has 1 amide bonds. The molecule has 0 spiro atoms. The lowest BCUT2D eigenvalue weighted by Crippen LogP contribution is -2.32. The molecule has 10 heteroatoms. The number of benzene rings is 1. The van der Waals surface area contributed by atoms with E-state index in [9.17, 15) is 32.4 Å². The van der Waals surface area contributed by atoms with Gasteiger partial charge in [-0.25, -0.2) is 4.39 Å². The number of rotatable bonds is 4. The molecule has 3 rings (SSSR count). The Balaban J connectivity index is 1.99. The number of nitrogens with one attached hydrogen (secondary N) is 1. The fraction of sp³-hybridized carbons (Fsp3) is 0.190. The lowest BCUT2D eigenvalue weighted by atomic mass is 10.2. The van der Waals surface area contributed by atoms with Crippen LogP contribution in [0, 0.1) is 31.0 Å². The zero-order chi connectivity index (χ0) is 22.9. The highest BCUT2D eigenvalue weighted by molar-refractivity contribution is 5.92. The Labute approximate surface area is 174 Å². The first-order valence-electron chi connectivity index (χ1n) is 8.99. The maximum atomic E-state index is 13.3. The van der Waals surface area contributed by atoms with Crippen LogP contribution in [0.3, 0.4) is 0 Å².